The van der Waals surface area contributed by atoms with Crippen molar-refractivity contribution in [2.75, 3.05) is 7.05 Å². The zero-order chi connectivity index (χ0) is 7.11. The SMILES string of the molecule is C\C=C/C=C(F)\N=N/C. The normalized spacial score (nSPS) is 13.9. The molecule has 0 atom stereocenters. The standard InChI is InChI=1S/C6H9FN2/c1-3-4-5-6(7)9-8-2/h3-5H,1-2H3/b4-3-,6-5-,9-8-. The fraction of sp³-hybridized carbons (Fsp3) is 0.333. The van der Waals surface area contributed by atoms with Crippen molar-refractivity contribution in [3.63, 3.8) is 0 Å². The van der Waals surface area contributed by atoms with E-state index in [9.17, 15) is 4.39 Å². The van der Waals surface area contributed by atoms with Crippen LogP contribution in [-0.4, -0.2) is 7.05 Å². The second kappa shape index (κ2) is 5.15. The van der Waals surface area contributed by atoms with Gasteiger partial charge in [0.25, 0.3) is 0 Å². The molecule has 0 saturated carbocycles. The number of allylic oxidation sites excluding steroid dienone is 3. The van der Waals surface area contributed by atoms with E-state index >= 15 is 0 Å². The van der Waals surface area contributed by atoms with Crippen LogP contribution in [0.15, 0.2) is 34.4 Å². The van der Waals surface area contributed by atoms with E-state index in [2.05, 4.69) is 10.2 Å². The first-order valence-electron chi connectivity index (χ1n) is 2.59. The second-order valence-corrected chi connectivity index (χ2v) is 1.32. The van der Waals surface area contributed by atoms with E-state index in [-0.39, 0.29) is 0 Å². The van der Waals surface area contributed by atoms with Crippen LogP contribution in [0.25, 0.3) is 0 Å². The summed E-state index contributed by atoms with van der Waals surface area (Å²) in [6.07, 6.45) is 4.52. The Morgan fingerprint density at radius 3 is 2.67 bits per heavy atom. The lowest BCUT2D eigenvalue weighted by Crippen LogP contribution is -1.60. The lowest BCUT2D eigenvalue weighted by atomic mass is 10.5. The minimum Gasteiger partial charge on any atom is -0.190 e. The van der Waals surface area contributed by atoms with Crippen molar-refractivity contribution >= 4 is 0 Å². The number of hydrogen-bond donors (Lipinski definition) is 0. The molecule has 0 aromatic rings. The summed E-state index contributed by atoms with van der Waals surface area (Å²) in [6, 6.07) is 0. The molecule has 0 N–H and O–H groups in total. The third-order valence-corrected chi connectivity index (χ3v) is 0.622. The Bertz CT molecular complexity index is 147. The van der Waals surface area contributed by atoms with Crippen LogP contribution < -0.4 is 0 Å². The van der Waals surface area contributed by atoms with Crippen molar-refractivity contribution < 1.29 is 4.39 Å². The van der Waals surface area contributed by atoms with Gasteiger partial charge in [0.15, 0.2) is 0 Å². The van der Waals surface area contributed by atoms with Crippen LogP contribution in [0.2, 0.25) is 0 Å². The topological polar surface area (TPSA) is 24.7 Å². The van der Waals surface area contributed by atoms with Crippen molar-refractivity contribution in [1.82, 2.24) is 0 Å². The quantitative estimate of drug-likeness (QED) is 0.310. The summed E-state index contributed by atoms with van der Waals surface area (Å²) in [4.78, 5) is 0. The number of nitrogens with zero attached hydrogens (tertiary/aromatic N) is 2. The van der Waals surface area contributed by atoms with E-state index < -0.39 is 5.95 Å². The van der Waals surface area contributed by atoms with Gasteiger partial charge in [0.2, 0.25) is 5.95 Å². The number of azo groups is 1. The van der Waals surface area contributed by atoms with E-state index in [4.69, 9.17) is 0 Å². The third-order valence-electron chi connectivity index (χ3n) is 0.622. The molecule has 0 fully saturated rings. The molecule has 0 saturated heterocycles. The molecule has 0 radical (unpaired) electrons. The maximum atomic E-state index is 12.1. The fourth-order valence-electron chi connectivity index (χ4n) is 0.304. The first kappa shape index (κ1) is 8.01. The van der Waals surface area contributed by atoms with Gasteiger partial charge >= 0.3 is 0 Å². The predicted molar refractivity (Wildman–Crippen MR) is 34.8 cm³/mol. The summed E-state index contributed by atoms with van der Waals surface area (Å²) in [5.41, 5.74) is 0. The lowest BCUT2D eigenvalue weighted by Gasteiger charge is -1.77. The van der Waals surface area contributed by atoms with Gasteiger partial charge in [-0.25, -0.2) is 0 Å². The Morgan fingerprint density at radius 2 is 2.22 bits per heavy atom. The van der Waals surface area contributed by atoms with Crippen molar-refractivity contribution in [2.24, 2.45) is 10.2 Å². The van der Waals surface area contributed by atoms with E-state index in [1.54, 1.807) is 19.1 Å². The Morgan fingerprint density at radius 1 is 1.56 bits per heavy atom. The van der Waals surface area contributed by atoms with Crippen LogP contribution in [0, 0.1) is 0 Å². The molecule has 0 aromatic heterocycles. The maximum Gasteiger partial charge on any atom is 0.232 e. The summed E-state index contributed by atoms with van der Waals surface area (Å²) in [5.74, 6) is -0.574. The summed E-state index contributed by atoms with van der Waals surface area (Å²) in [6.45, 7) is 1.80. The monoisotopic (exact) mass is 128 g/mol. The molecule has 0 aliphatic rings. The second-order valence-electron chi connectivity index (χ2n) is 1.32. The molecule has 0 heterocycles. The molecule has 0 aromatic carbocycles. The Labute approximate surface area is 53.8 Å². The van der Waals surface area contributed by atoms with Crippen LogP contribution in [0.1, 0.15) is 6.92 Å². The molecule has 2 nitrogen and oxygen atoms in total. The van der Waals surface area contributed by atoms with Gasteiger partial charge in [0.1, 0.15) is 0 Å². The highest BCUT2D eigenvalue weighted by Crippen LogP contribution is 1.97. The van der Waals surface area contributed by atoms with Gasteiger partial charge in [-0.2, -0.15) is 9.50 Å². The van der Waals surface area contributed by atoms with Crippen LogP contribution in [0.4, 0.5) is 4.39 Å². The third kappa shape index (κ3) is 4.87. The van der Waals surface area contributed by atoms with Crippen molar-refractivity contribution in [1.29, 1.82) is 0 Å². The molecule has 0 amide bonds. The zero-order valence-electron chi connectivity index (χ0n) is 5.50. The molecule has 50 valence electrons. The Balaban J connectivity index is 3.84. The van der Waals surface area contributed by atoms with Gasteiger partial charge < -0.3 is 0 Å². The van der Waals surface area contributed by atoms with Gasteiger partial charge in [-0.05, 0) is 13.0 Å². The first-order valence-corrected chi connectivity index (χ1v) is 2.59. The van der Waals surface area contributed by atoms with E-state index in [0.29, 0.717) is 0 Å². The van der Waals surface area contributed by atoms with Gasteiger partial charge in [-0.15, -0.1) is 5.11 Å². The average Bonchev–Trinajstić information content (AvgIpc) is 1.85. The molecule has 9 heavy (non-hydrogen) atoms. The fourth-order valence-corrected chi connectivity index (χ4v) is 0.304. The van der Waals surface area contributed by atoms with Crippen LogP contribution >= 0.6 is 0 Å². The summed E-state index contributed by atoms with van der Waals surface area (Å²) < 4.78 is 12.1. The number of hydrogen-bond acceptors (Lipinski definition) is 2. The van der Waals surface area contributed by atoms with E-state index in [0.717, 1.165) is 0 Å². The largest absolute Gasteiger partial charge is 0.232 e. The molecule has 0 unspecified atom stereocenters. The highest BCUT2D eigenvalue weighted by molar-refractivity contribution is 5.04. The minimum atomic E-state index is -0.574. The van der Waals surface area contributed by atoms with Crippen LogP contribution in [0.5, 0.6) is 0 Å². The predicted octanol–water partition coefficient (Wildman–Crippen LogP) is 2.46. The van der Waals surface area contributed by atoms with Gasteiger partial charge in [-0.3, -0.25) is 0 Å². The lowest BCUT2D eigenvalue weighted by molar-refractivity contribution is 0.612. The van der Waals surface area contributed by atoms with Crippen molar-refractivity contribution in [3.8, 4) is 0 Å². The molecular weight excluding hydrogens is 119 g/mol. The highest BCUT2D eigenvalue weighted by atomic mass is 19.1. The van der Waals surface area contributed by atoms with E-state index in [1.165, 1.54) is 13.1 Å². The van der Waals surface area contributed by atoms with Crippen molar-refractivity contribution in [3.05, 3.63) is 24.2 Å². The Hall–Kier alpha value is -0.990. The van der Waals surface area contributed by atoms with Gasteiger partial charge in [-0.1, -0.05) is 12.2 Å². The molecule has 3 heteroatoms. The average molecular weight is 128 g/mol. The molecule has 0 bridgehead atoms. The molecular formula is C6H9FN2. The van der Waals surface area contributed by atoms with Gasteiger partial charge in [0, 0.05) is 7.05 Å². The summed E-state index contributed by atoms with van der Waals surface area (Å²) in [7, 11) is 1.42. The first-order chi connectivity index (χ1) is 4.31. The molecule has 0 rings (SSSR count). The van der Waals surface area contributed by atoms with Gasteiger partial charge in [0.05, 0.1) is 0 Å². The molecule has 0 aliphatic heterocycles. The number of rotatable bonds is 2. The highest BCUT2D eigenvalue weighted by Gasteiger charge is 1.81. The van der Waals surface area contributed by atoms with E-state index in [1.807, 2.05) is 0 Å². The van der Waals surface area contributed by atoms with Crippen LogP contribution in [-0.2, 0) is 0 Å². The van der Waals surface area contributed by atoms with Crippen LogP contribution in [0.3, 0.4) is 0 Å². The zero-order valence-corrected chi connectivity index (χ0v) is 5.50. The number of halogens is 1. The minimum absolute atomic E-state index is 0.574. The molecule has 0 aliphatic carbocycles. The summed E-state index contributed by atoms with van der Waals surface area (Å²) >= 11 is 0. The smallest absolute Gasteiger partial charge is 0.190 e. The Kier molecular flexibility index (Phi) is 4.59. The maximum absolute atomic E-state index is 12.1. The van der Waals surface area contributed by atoms with Crippen molar-refractivity contribution in [2.45, 2.75) is 6.92 Å². The molecule has 0 spiro atoms. The summed E-state index contributed by atoms with van der Waals surface area (Å²) in [5, 5.41) is 6.37.